The Hall–Kier alpha value is -1.55. The standard InChI is InChI=1S/C20H22Cl2N2O/c21-17-6-7-19(18(22)13-17)23-20(25)14-24-10-8-16(9-11-24)12-15-4-2-1-3-5-15/h1-7,13,16H,8-12,14H2,(H,23,25). The van der Waals surface area contributed by atoms with Gasteiger partial charge in [0.25, 0.3) is 0 Å². The topological polar surface area (TPSA) is 32.3 Å². The second kappa shape index (κ2) is 8.70. The molecule has 0 spiro atoms. The van der Waals surface area contributed by atoms with Crippen LogP contribution in [0.1, 0.15) is 18.4 Å². The Kier molecular flexibility index (Phi) is 6.35. The van der Waals surface area contributed by atoms with Crippen LogP contribution in [0.3, 0.4) is 0 Å². The molecule has 0 saturated carbocycles. The fourth-order valence-electron chi connectivity index (χ4n) is 3.28. The van der Waals surface area contributed by atoms with Gasteiger partial charge in [0, 0.05) is 5.02 Å². The van der Waals surface area contributed by atoms with E-state index in [1.165, 1.54) is 5.56 Å². The van der Waals surface area contributed by atoms with Crippen molar-refractivity contribution in [3.05, 3.63) is 64.1 Å². The quantitative estimate of drug-likeness (QED) is 0.805. The lowest BCUT2D eigenvalue weighted by molar-refractivity contribution is -0.117. The first-order chi connectivity index (χ1) is 12.1. The number of anilines is 1. The second-order valence-corrected chi connectivity index (χ2v) is 7.43. The van der Waals surface area contributed by atoms with Crippen molar-refractivity contribution in [3.8, 4) is 0 Å². The monoisotopic (exact) mass is 376 g/mol. The Morgan fingerprint density at radius 2 is 1.80 bits per heavy atom. The minimum atomic E-state index is -0.0364. The van der Waals surface area contributed by atoms with E-state index in [0.29, 0.717) is 28.2 Å². The molecule has 1 aliphatic rings. The molecule has 1 saturated heterocycles. The van der Waals surface area contributed by atoms with Gasteiger partial charge in [-0.3, -0.25) is 9.69 Å². The van der Waals surface area contributed by atoms with Gasteiger partial charge in [-0.25, -0.2) is 0 Å². The SMILES string of the molecule is O=C(CN1CCC(Cc2ccccc2)CC1)Nc1ccc(Cl)cc1Cl. The zero-order valence-corrected chi connectivity index (χ0v) is 15.6. The van der Waals surface area contributed by atoms with Crippen LogP contribution in [-0.2, 0) is 11.2 Å². The number of carbonyl (C=O) groups is 1. The number of amides is 1. The van der Waals surface area contributed by atoms with Gasteiger partial charge in [-0.2, -0.15) is 0 Å². The van der Waals surface area contributed by atoms with Crippen molar-refractivity contribution in [1.82, 2.24) is 4.90 Å². The lowest BCUT2D eigenvalue weighted by atomic mass is 9.90. The number of piperidine rings is 1. The Morgan fingerprint density at radius 1 is 1.08 bits per heavy atom. The Labute approximate surface area is 158 Å². The number of nitrogens with zero attached hydrogens (tertiary/aromatic N) is 1. The number of carbonyl (C=O) groups excluding carboxylic acids is 1. The molecule has 0 bridgehead atoms. The maximum atomic E-state index is 12.2. The third-order valence-electron chi connectivity index (χ3n) is 4.65. The van der Waals surface area contributed by atoms with Crippen molar-refractivity contribution >= 4 is 34.8 Å². The summed E-state index contributed by atoms with van der Waals surface area (Å²) in [5.74, 6) is 0.665. The predicted molar refractivity (Wildman–Crippen MR) is 104 cm³/mol. The molecule has 3 nitrogen and oxygen atoms in total. The van der Waals surface area contributed by atoms with Crippen LogP contribution in [0.5, 0.6) is 0 Å². The van der Waals surface area contributed by atoms with Crippen LogP contribution in [0.25, 0.3) is 0 Å². The number of benzene rings is 2. The summed E-state index contributed by atoms with van der Waals surface area (Å²) in [6.45, 7) is 2.32. The zero-order valence-electron chi connectivity index (χ0n) is 14.1. The first-order valence-electron chi connectivity index (χ1n) is 8.61. The summed E-state index contributed by atoms with van der Waals surface area (Å²) in [7, 11) is 0. The van der Waals surface area contributed by atoms with E-state index in [0.717, 1.165) is 32.4 Å². The first kappa shape index (κ1) is 18.2. The van der Waals surface area contributed by atoms with Crippen LogP contribution in [-0.4, -0.2) is 30.4 Å². The molecule has 0 atom stereocenters. The molecule has 3 rings (SSSR count). The van der Waals surface area contributed by atoms with Crippen LogP contribution >= 0.6 is 23.2 Å². The molecule has 0 aromatic heterocycles. The molecule has 25 heavy (non-hydrogen) atoms. The summed E-state index contributed by atoms with van der Waals surface area (Å²) in [4.78, 5) is 14.5. The second-order valence-electron chi connectivity index (χ2n) is 6.58. The molecule has 0 aliphatic carbocycles. The molecule has 2 aromatic carbocycles. The maximum absolute atomic E-state index is 12.2. The summed E-state index contributed by atoms with van der Waals surface area (Å²) >= 11 is 12.0. The van der Waals surface area contributed by atoms with Gasteiger partial charge in [-0.15, -0.1) is 0 Å². The van der Waals surface area contributed by atoms with Crippen molar-refractivity contribution in [3.63, 3.8) is 0 Å². The van der Waals surface area contributed by atoms with E-state index in [9.17, 15) is 4.79 Å². The van der Waals surface area contributed by atoms with Crippen LogP contribution in [0.15, 0.2) is 48.5 Å². The van der Waals surface area contributed by atoms with Crippen molar-refractivity contribution in [2.75, 3.05) is 25.0 Å². The molecule has 1 heterocycles. The highest BCUT2D eigenvalue weighted by molar-refractivity contribution is 6.36. The molecule has 0 radical (unpaired) electrons. The van der Waals surface area contributed by atoms with Crippen LogP contribution < -0.4 is 5.32 Å². The molecule has 0 unspecified atom stereocenters. The fourth-order valence-corrected chi connectivity index (χ4v) is 3.74. The van der Waals surface area contributed by atoms with Gasteiger partial charge in [-0.1, -0.05) is 53.5 Å². The number of hydrogen-bond acceptors (Lipinski definition) is 2. The van der Waals surface area contributed by atoms with E-state index in [2.05, 4.69) is 40.5 Å². The van der Waals surface area contributed by atoms with Crippen LogP contribution in [0.4, 0.5) is 5.69 Å². The average Bonchev–Trinajstić information content (AvgIpc) is 2.60. The van der Waals surface area contributed by atoms with Crippen molar-refractivity contribution in [2.24, 2.45) is 5.92 Å². The Bertz CT molecular complexity index is 713. The third-order valence-corrected chi connectivity index (χ3v) is 5.19. The Morgan fingerprint density at radius 3 is 2.48 bits per heavy atom. The van der Waals surface area contributed by atoms with E-state index < -0.39 is 0 Å². The normalized spacial score (nSPS) is 15.9. The summed E-state index contributed by atoms with van der Waals surface area (Å²) in [6, 6.07) is 15.7. The molecule has 2 aromatic rings. The number of nitrogens with one attached hydrogen (secondary N) is 1. The number of likely N-dealkylation sites (tertiary alicyclic amines) is 1. The van der Waals surface area contributed by atoms with Gasteiger partial charge in [0.1, 0.15) is 0 Å². The van der Waals surface area contributed by atoms with Gasteiger partial charge in [0.15, 0.2) is 0 Å². The van der Waals surface area contributed by atoms with E-state index in [-0.39, 0.29) is 5.91 Å². The van der Waals surface area contributed by atoms with Crippen molar-refractivity contribution < 1.29 is 4.79 Å². The number of hydrogen-bond donors (Lipinski definition) is 1. The largest absolute Gasteiger partial charge is 0.324 e. The van der Waals surface area contributed by atoms with Crippen LogP contribution in [0.2, 0.25) is 10.0 Å². The Balaban J connectivity index is 1.44. The van der Waals surface area contributed by atoms with Gasteiger partial charge in [0.2, 0.25) is 5.91 Å². The van der Waals surface area contributed by atoms with E-state index in [1.807, 2.05) is 0 Å². The van der Waals surface area contributed by atoms with Crippen molar-refractivity contribution in [1.29, 1.82) is 0 Å². The molecule has 1 amide bonds. The molecule has 1 fully saturated rings. The lowest BCUT2D eigenvalue weighted by Gasteiger charge is -2.31. The number of rotatable bonds is 5. The molecule has 1 aliphatic heterocycles. The first-order valence-corrected chi connectivity index (χ1v) is 9.37. The zero-order chi connectivity index (χ0) is 17.6. The number of halogens is 2. The van der Waals surface area contributed by atoms with Gasteiger partial charge in [-0.05, 0) is 62.0 Å². The van der Waals surface area contributed by atoms with E-state index in [1.54, 1.807) is 18.2 Å². The smallest absolute Gasteiger partial charge is 0.238 e. The van der Waals surface area contributed by atoms with Gasteiger partial charge in [0.05, 0.1) is 17.3 Å². The molecule has 5 heteroatoms. The lowest BCUT2D eigenvalue weighted by Crippen LogP contribution is -2.39. The molecule has 1 N–H and O–H groups in total. The molecule has 132 valence electrons. The maximum Gasteiger partial charge on any atom is 0.238 e. The molecular weight excluding hydrogens is 355 g/mol. The van der Waals surface area contributed by atoms with E-state index in [4.69, 9.17) is 23.2 Å². The predicted octanol–water partition coefficient (Wildman–Crippen LogP) is 4.89. The third kappa shape index (κ3) is 5.46. The highest BCUT2D eigenvalue weighted by Gasteiger charge is 2.21. The highest BCUT2D eigenvalue weighted by atomic mass is 35.5. The van der Waals surface area contributed by atoms with E-state index >= 15 is 0 Å². The summed E-state index contributed by atoms with van der Waals surface area (Å²) < 4.78 is 0. The average molecular weight is 377 g/mol. The minimum absolute atomic E-state index is 0.0364. The fraction of sp³-hybridized carbons (Fsp3) is 0.350. The summed E-state index contributed by atoms with van der Waals surface area (Å²) in [5, 5.41) is 3.88. The minimum Gasteiger partial charge on any atom is -0.324 e. The highest BCUT2D eigenvalue weighted by Crippen LogP contribution is 2.26. The van der Waals surface area contributed by atoms with Crippen molar-refractivity contribution in [2.45, 2.75) is 19.3 Å². The molecular formula is C20H22Cl2N2O. The van der Waals surface area contributed by atoms with Gasteiger partial charge >= 0.3 is 0 Å². The summed E-state index contributed by atoms with van der Waals surface area (Å²) in [6.07, 6.45) is 3.38. The van der Waals surface area contributed by atoms with Crippen LogP contribution in [0, 0.1) is 5.92 Å². The van der Waals surface area contributed by atoms with Gasteiger partial charge < -0.3 is 5.32 Å². The summed E-state index contributed by atoms with van der Waals surface area (Å²) in [5.41, 5.74) is 2.01.